The molecule has 0 bridgehead atoms. The highest BCUT2D eigenvalue weighted by molar-refractivity contribution is 5.29. The summed E-state index contributed by atoms with van der Waals surface area (Å²) in [6.45, 7) is 2.66. The molecule has 2 rings (SSSR count). The molecular weight excluding hydrogens is 214 g/mol. The van der Waals surface area contributed by atoms with Crippen LogP contribution in [0.2, 0.25) is 0 Å². The average Bonchev–Trinajstić information content (AvgIpc) is 2.76. The van der Waals surface area contributed by atoms with Gasteiger partial charge in [0, 0.05) is 6.54 Å². The lowest BCUT2D eigenvalue weighted by Crippen LogP contribution is -2.06. The molecule has 1 heterocycles. The second kappa shape index (κ2) is 5.17. The summed E-state index contributed by atoms with van der Waals surface area (Å²) >= 11 is 0. The van der Waals surface area contributed by atoms with E-state index in [1.54, 1.807) is 0 Å². The number of aliphatic hydroxyl groups excluding tert-OH is 1. The standard InChI is InChI=1S/C14H17NO2/c1-10-6-7-13(17-10)14(16)12-5-3-4-11(8-12)9-15-2/h3-8,14-16H,9H2,1-2H3. The van der Waals surface area contributed by atoms with E-state index in [1.807, 2.05) is 50.4 Å². The van der Waals surface area contributed by atoms with Crippen LogP contribution in [0.25, 0.3) is 0 Å². The van der Waals surface area contributed by atoms with Crippen molar-refractivity contribution < 1.29 is 9.52 Å². The summed E-state index contributed by atoms with van der Waals surface area (Å²) in [6.07, 6.45) is -0.694. The number of aryl methyl sites for hydroxylation is 1. The van der Waals surface area contributed by atoms with Gasteiger partial charge in [0.05, 0.1) is 0 Å². The largest absolute Gasteiger partial charge is 0.463 e. The summed E-state index contributed by atoms with van der Waals surface area (Å²) in [5.74, 6) is 1.40. The van der Waals surface area contributed by atoms with E-state index < -0.39 is 6.10 Å². The smallest absolute Gasteiger partial charge is 0.137 e. The van der Waals surface area contributed by atoms with Crippen molar-refractivity contribution in [3.05, 3.63) is 59.0 Å². The van der Waals surface area contributed by atoms with Crippen LogP contribution in [0.3, 0.4) is 0 Å². The topological polar surface area (TPSA) is 45.4 Å². The normalized spacial score (nSPS) is 12.6. The van der Waals surface area contributed by atoms with Crippen molar-refractivity contribution in [3.63, 3.8) is 0 Å². The first-order chi connectivity index (χ1) is 8.20. The Morgan fingerprint density at radius 2 is 2.12 bits per heavy atom. The highest BCUT2D eigenvalue weighted by Gasteiger charge is 2.14. The van der Waals surface area contributed by atoms with Gasteiger partial charge in [0.15, 0.2) is 0 Å². The van der Waals surface area contributed by atoms with Crippen LogP contribution in [0.1, 0.15) is 28.8 Å². The number of furan rings is 1. The molecule has 1 unspecified atom stereocenters. The Hall–Kier alpha value is -1.58. The minimum absolute atomic E-state index is 0.587. The molecule has 0 fully saturated rings. The van der Waals surface area contributed by atoms with Crippen LogP contribution >= 0.6 is 0 Å². The quantitative estimate of drug-likeness (QED) is 0.849. The monoisotopic (exact) mass is 231 g/mol. The van der Waals surface area contributed by atoms with Crippen molar-refractivity contribution in [2.45, 2.75) is 19.6 Å². The molecule has 90 valence electrons. The minimum Gasteiger partial charge on any atom is -0.463 e. The van der Waals surface area contributed by atoms with Gasteiger partial charge < -0.3 is 14.8 Å². The first-order valence-corrected chi connectivity index (χ1v) is 5.68. The molecule has 2 N–H and O–H groups in total. The Bertz CT molecular complexity index is 490. The van der Waals surface area contributed by atoms with Gasteiger partial charge in [-0.1, -0.05) is 24.3 Å². The Kier molecular flexibility index (Phi) is 3.61. The van der Waals surface area contributed by atoms with E-state index in [0.717, 1.165) is 23.4 Å². The van der Waals surface area contributed by atoms with E-state index in [0.29, 0.717) is 5.76 Å². The van der Waals surface area contributed by atoms with Crippen LogP contribution in [-0.2, 0) is 6.54 Å². The Morgan fingerprint density at radius 1 is 1.29 bits per heavy atom. The maximum absolute atomic E-state index is 10.2. The Balaban J connectivity index is 2.24. The molecule has 0 aliphatic carbocycles. The molecule has 0 saturated heterocycles. The van der Waals surface area contributed by atoms with Crippen molar-refractivity contribution in [1.82, 2.24) is 5.32 Å². The first kappa shape index (κ1) is 11.9. The molecule has 0 aliphatic heterocycles. The van der Waals surface area contributed by atoms with Crippen LogP contribution in [-0.4, -0.2) is 12.2 Å². The van der Waals surface area contributed by atoms with Gasteiger partial charge in [0.2, 0.25) is 0 Å². The minimum atomic E-state index is -0.694. The molecular formula is C14H17NO2. The Labute approximate surface area is 101 Å². The summed E-state index contributed by atoms with van der Waals surface area (Å²) in [7, 11) is 1.90. The van der Waals surface area contributed by atoms with E-state index in [4.69, 9.17) is 4.42 Å². The number of rotatable bonds is 4. The first-order valence-electron chi connectivity index (χ1n) is 5.68. The summed E-state index contributed by atoms with van der Waals surface area (Å²) in [5.41, 5.74) is 2.00. The van der Waals surface area contributed by atoms with Gasteiger partial charge in [-0.15, -0.1) is 0 Å². The third-order valence-electron chi connectivity index (χ3n) is 2.68. The summed E-state index contributed by atoms with van der Waals surface area (Å²) in [5, 5.41) is 13.3. The number of aliphatic hydroxyl groups is 1. The van der Waals surface area contributed by atoms with Crippen molar-refractivity contribution >= 4 is 0 Å². The van der Waals surface area contributed by atoms with Crippen LogP contribution in [0, 0.1) is 6.92 Å². The van der Waals surface area contributed by atoms with Crippen LogP contribution < -0.4 is 5.32 Å². The molecule has 3 heteroatoms. The lowest BCUT2D eigenvalue weighted by molar-refractivity contribution is 0.187. The number of nitrogens with one attached hydrogen (secondary N) is 1. The molecule has 0 radical (unpaired) electrons. The van der Waals surface area contributed by atoms with Crippen molar-refractivity contribution in [1.29, 1.82) is 0 Å². The van der Waals surface area contributed by atoms with E-state index >= 15 is 0 Å². The maximum Gasteiger partial charge on any atom is 0.137 e. The number of hydrogen-bond acceptors (Lipinski definition) is 3. The zero-order chi connectivity index (χ0) is 12.3. The highest BCUT2D eigenvalue weighted by Crippen LogP contribution is 2.24. The second-order valence-electron chi connectivity index (χ2n) is 4.13. The van der Waals surface area contributed by atoms with Crippen LogP contribution in [0.4, 0.5) is 0 Å². The zero-order valence-electron chi connectivity index (χ0n) is 10.1. The van der Waals surface area contributed by atoms with Gasteiger partial charge in [-0.05, 0) is 37.2 Å². The third kappa shape index (κ3) is 2.75. The molecule has 0 aliphatic rings. The van der Waals surface area contributed by atoms with E-state index in [2.05, 4.69) is 5.32 Å². The maximum atomic E-state index is 10.2. The van der Waals surface area contributed by atoms with Crippen LogP contribution in [0.15, 0.2) is 40.8 Å². The average molecular weight is 231 g/mol. The Morgan fingerprint density at radius 3 is 2.76 bits per heavy atom. The van der Waals surface area contributed by atoms with Gasteiger partial charge in [-0.25, -0.2) is 0 Å². The van der Waals surface area contributed by atoms with Gasteiger partial charge >= 0.3 is 0 Å². The molecule has 1 aromatic carbocycles. The van der Waals surface area contributed by atoms with Crippen molar-refractivity contribution in [3.8, 4) is 0 Å². The fourth-order valence-corrected chi connectivity index (χ4v) is 1.84. The predicted octanol–water partition coefficient (Wildman–Crippen LogP) is 2.39. The predicted molar refractivity (Wildman–Crippen MR) is 66.7 cm³/mol. The van der Waals surface area contributed by atoms with E-state index in [-0.39, 0.29) is 0 Å². The molecule has 0 saturated carbocycles. The van der Waals surface area contributed by atoms with E-state index in [9.17, 15) is 5.11 Å². The number of hydrogen-bond donors (Lipinski definition) is 2. The molecule has 0 spiro atoms. The lowest BCUT2D eigenvalue weighted by atomic mass is 10.0. The SMILES string of the molecule is CNCc1cccc(C(O)c2ccc(C)o2)c1. The highest BCUT2D eigenvalue weighted by atomic mass is 16.4. The van der Waals surface area contributed by atoms with Crippen molar-refractivity contribution in [2.75, 3.05) is 7.05 Å². The zero-order valence-corrected chi connectivity index (χ0v) is 10.1. The lowest BCUT2D eigenvalue weighted by Gasteiger charge is -2.10. The summed E-state index contributed by atoms with van der Waals surface area (Å²) in [4.78, 5) is 0. The molecule has 1 atom stereocenters. The second-order valence-corrected chi connectivity index (χ2v) is 4.13. The molecule has 0 amide bonds. The van der Waals surface area contributed by atoms with Crippen molar-refractivity contribution in [2.24, 2.45) is 0 Å². The van der Waals surface area contributed by atoms with Gasteiger partial charge in [-0.3, -0.25) is 0 Å². The molecule has 17 heavy (non-hydrogen) atoms. The summed E-state index contributed by atoms with van der Waals surface area (Å²) in [6, 6.07) is 11.5. The fourth-order valence-electron chi connectivity index (χ4n) is 1.84. The fraction of sp³-hybridized carbons (Fsp3) is 0.286. The summed E-state index contributed by atoms with van der Waals surface area (Å²) < 4.78 is 5.43. The molecule has 1 aromatic heterocycles. The van der Waals surface area contributed by atoms with E-state index in [1.165, 1.54) is 0 Å². The third-order valence-corrected chi connectivity index (χ3v) is 2.68. The number of benzene rings is 1. The van der Waals surface area contributed by atoms with Gasteiger partial charge in [0.25, 0.3) is 0 Å². The van der Waals surface area contributed by atoms with Gasteiger partial charge in [-0.2, -0.15) is 0 Å². The molecule has 2 aromatic rings. The van der Waals surface area contributed by atoms with Crippen LogP contribution in [0.5, 0.6) is 0 Å². The van der Waals surface area contributed by atoms with Gasteiger partial charge in [0.1, 0.15) is 17.6 Å². The molecule has 3 nitrogen and oxygen atoms in total.